The predicted octanol–water partition coefficient (Wildman–Crippen LogP) is 1.20. The average Bonchev–Trinajstić information content (AvgIpc) is 2.20. The van der Waals surface area contributed by atoms with Gasteiger partial charge >= 0.3 is 0 Å². The van der Waals surface area contributed by atoms with Crippen molar-refractivity contribution in [3.8, 4) is 5.88 Å². The molecule has 0 radical (unpaired) electrons. The third-order valence-electron chi connectivity index (χ3n) is 2.47. The average molecular weight is 199 g/mol. The van der Waals surface area contributed by atoms with E-state index >= 15 is 0 Å². The fraction of sp³-hybridized carbons (Fsp3) is 0.250. The van der Waals surface area contributed by atoms with E-state index < -0.39 is 0 Å². The highest BCUT2D eigenvalue weighted by Gasteiger charge is 2.05. The number of rotatable bonds is 2. The van der Waals surface area contributed by atoms with Gasteiger partial charge in [-0.3, -0.25) is 0 Å². The number of ether oxygens (including phenoxy) is 1. The summed E-state index contributed by atoms with van der Waals surface area (Å²) in [7, 11) is 2.11. The molecule has 0 saturated carbocycles. The molecule has 2 aromatic rings. The highest BCUT2D eigenvalue weighted by atomic mass is 16.5. The zero-order chi connectivity index (χ0) is 10.8. The van der Waals surface area contributed by atoms with Gasteiger partial charge in [0.2, 0.25) is 5.88 Å². The molecule has 0 N–H and O–H groups in total. The molecule has 0 fully saturated rings. The molecule has 0 unspecified atom stereocenters. The molecule has 0 saturated heterocycles. The maximum atomic E-state index is 5.54. The molecule has 76 valence electrons. The number of nitrogens with zero attached hydrogens (tertiary/aromatic N) is 1. The summed E-state index contributed by atoms with van der Waals surface area (Å²) in [6, 6.07) is 8.31. The van der Waals surface area contributed by atoms with Gasteiger partial charge in [0.1, 0.15) is 7.85 Å². The van der Waals surface area contributed by atoms with E-state index in [1.807, 2.05) is 19.9 Å². The molecule has 0 aliphatic heterocycles. The van der Waals surface area contributed by atoms with Crippen LogP contribution in [-0.4, -0.2) is 19.4 Å². The number of benzene rings is 1. The SMILES string of the molecule is Bc1cccc2c(OCC)nc(C)cc12. The molecule has 1 heterocycles. The molecular weight excluding hydrogens is 185 g/mol. The Bertz CT molecular complexity index is 496. The van der Waals surface area contributed by atoms with E-state index in [1.54, 1.807) is 0 Å². The molecule has 0 aliphatic carbocycles. The number of aryl methyl sites for hydroxylation is 1. The Morgan fingerprint density at radius 1 is 1.33 bits per heavy atom. The Labute approximate surface area is 90.7 Å². The van der Waals surface area contributed by atoms with E-state index in [0.29, 0.717) is 6.61 Å². The first-order chi connectivity index (χ1) is 7.22. The minimum absolute atomic E-state index is 0.652. The fourth-order valence-electron chi connectivity index (χ4n) is 1.77. The minimum atomic E-state index is 0.652. The summed E-state index contributed by atoms with van der Waals surface area (Å²) < 4.78 is 5.54. The van der Waals surface area contributed by atoms with Crippen LogP contribution in [0.3, 0.4) is 0 Å². The summed E-state index contributed by atoms with van der Waals surface area (Å²) in [5.74, 6) is 0.746. The number of pyridine rings is 1. The maximum absolute atomic E-state index is 5.54. The molecule has 2 nitrogen and oxygen atoms in total. The standard InChI is InChI=1S/C12H14BNO/c1-3-15-12-9-5-4-6-11(13)10(9)7-8(2)14-12/h4-7H,3,13H2,1-2H3. The molecule has 0 aliphatic rings. The van der Waals surface area contributed by atoms with Crippen molar-refractivity contribution in [3.63, 3.8) is 0 Å². The van der Waals surface area contributed by atoms with Crippen LogP contribution in [0.4, 0.5) is 0 Å². The zero-order valence-electron chi connectivity index (χ0n) is 9.37. The highest BCUT2D eigenvalue weighted by Crippen LogP contribution is 2.22. The molecule has 1 aromatic heterocycles. The zero-order valence-corrected chi connectivity index (χ0v) is 9.37. The molecule has 1 aromatic carbocycles. The first-order valence-electron chi connectivity index (χ1n) is 5.22. The van der Waals surface area contributed by atoms with E-state index in [9.17, 15) is 0 Å². The maximum Gasteiger partial charge on any atom is 0.221 e. The van der Waals surface area contributed by atoms with Crippen LogP contribution in [-0.2, 0) is 0 Å². The number of fused-ring (bicyclic) bond motifs is 1. The van der Waals surface area contributed by atoms with Crippen molar-refractivity contribution in [2.45, 2.75) is 13.8 Å². The lowest BCUT2D eigenvalue weighted by atomic mass is 9.90. The second kappa shape index (κ2) is 3.93. The topological polar surface area (TPSA) is 22.1 Å². The van der Waals surface area contributed by atoms with Crippen LogP contribution >= 0.6 is 0 Å². The smallest absolute Gasteiger partial charge is 0.221 e. The normalized spacial score (nSPS) is 10.5. The van der Waals surface area contributed by atoms with Crippen molar-refractivity contribution in [2.75, 3.05) is 6.61 Å². The Morgan fingerprint density at radius 3 is 2.87 bits per heavy atom. The van der Waals surface area contributed by atoms with E-state index in [2.05, 4.69) is 31.0 Å². The lowest BCUT2D eigenvalue weighted by Crippen LogP contribution is -2.05. The Morgan fingerprint density at radius 2 is 2.13 bits per heavy atom. The number of aromatic nitrogens is 1. The van der Waals surface area contributed by atoms with Gasteiger partial charge in [-0.2, -0.15) is 0 Å². The second-order valence-corrected chi connectivity index (χ2v) is 3.67. The molecule has 0 bridgehead atoms. The summed E-state index contributed by atoms with van der Waals surface area (Å²) in [6.07, 6.45) is 0. The van der Waals surface area contributed by atoms with Crippen molar-refractivity contribution in [3.05, 3.63) is 30.0 Å². The van der Waals surface area contributed by atoms with Gasteiger partial charge in [0.05, 0.1) is 6.61 Å². The van der Waals surface area contributed by atoms with Crippen molar-refractivity contribution in [1.29, 1.82) is 0 Å². The quantitative estimate of drug-likeness (QED) is 0.678. The summed E-state index contributed by atoms with van der Waals surface area (Å²) in [4.78, 5) is 4.41. The van der Waals surface area contributed by atoms with Crippen LogP contribution < -0.4 is 10.2 Å². The van der Waals surface area contributed by atoms with Gasteiger partial charge in [-0.05, 0) is 31.4 Å². The largest absolute Gasteiger partial charge is 0.478 e. The van der Waals surface area contributed by atoms with E-state index in [-0.39, 0.29) is 0 Å². The molecule has 15 heavy (non-hydrogen) atoms. The van der Waals surface area contributed by atoms with E-state index in [1.165, 1.54) is 10.8 Å². The molecular formula is C12H14BNO. The van der Waals surface area contributed by atoms with Crippen LogP contribution in [0.15, 0.2) is 24.3 Å². The fourth-order valence-corrected chi connectivity index (χ4v) is 1.77. The van der Waals surface area contributed by atoms with Crippen LogP contribution in [0.5, 0.6) is 5.88 Å². The van der Waals surface area contributed by atoms with E-state index in [0.717, 1.165) is 17.0 Å². The van der Waals surface area contributed by atoms with Gasteiger partial charge in [0.15, 0.2) is 0 Å². The molecule has 0 atom stereocenters. The van der Waals surface area contributed by atoms with Crippen molar-refractivity contribution < 1.29 is 4.74 Å². The summed E-state index contributed by atoms with van der Waals surface area (Å²) >= 11 is 0. The third kappa shape index (κ3) is 1.82. The first kappa shape index (κ1) is 10.0. The lowest BCUT2D eigenvalue weighted by molar-refractivity contribution is 0.331. The first-order valence-corrected chi connectivity index (χ1v) is 5.22. The monoisotopic (exact) mass is 199 g/mol. The van der Waals surface area contributed by atoms with Crippen molar-refractivity contribution in [1.82, 2.24) is 4.98 Å². The summed E-state index contributed by atoms with van der Waals surface area (Å²) in [5, 5.41) is 2.33. The Hall–Kier alpha value is -1.51. The van der Waals surface area contributed by atoms with Crippen molar-refractivity contribution in [2.24, 2.45) is 0 Å². The Kier molecular flexibility index (Phi) is 2.63. The molecule has 0 amide bonds. The van der Waals surface area contributed by atoms with Gasteiger partial charge < -0.3 is 4.74 Å². The third-order valence-corrected chi connectivity index (χ3v) is 2.47. The van der Waals surface area contributed by atoms with Crippen molar-refractivity contribution >= 4 is 24.1 Å². The lowest BCUT2D eigenvalue weighted by Gasteiger charge is -2.09. The van der Waals surface area contributed by atoms with Crippen LogP contribution in [0.2, 0.25) is 0 Å². The number of hydrogen-bond acceptors (Lipinski definition) is 2. The van der Waals surface area contributed by atoms with Gasteiger partial charge in [0, 0.05) is 11.1 Å². The molecule has 0 spiro atoms. The summed E-state index contributed by atoms with van der Waals surface area (Å²) in [6.45, 7) is 4.62. The molecule has 2 rings (SSSR count). The van der Waals surface area contributed by atoms with Crippen LogP contribution in [0.1, 0.15) is 12.6 Å². The highest BCUT2D eigenvalue weighted by molar-refractivity contribution is 6.38. The number of hydrogen-bond donors (Lipinski definition) is 0. The Balaban J connectivity index is 2.74. The second-order valence-electron chi connectivity index (χ2n) is 3.67. The molecule has 3 heteroatoms. The van der Waals surface area contributed by atoms with Gasteiger partial charge in [-0.25, -0.2) is 4.98 Å². The van der Waals surface area contributed by atoms with E-state index in [4.69, 9.17) is 4.74 Å². The van der Waals surface area contributed by atoms with Gasteiger partial charge in [-0.15, -0.1) is 0 Å². The predicted molar refractivity (Wildman–Crippen MR) is 65.8 cm³/mol. The van der Waals surface area contributed by atoms with Gasteiger partial charge in [-0.1, -0.05) is 17.6 Å². The van der Waals surface area contributed by atoms with Crippen LogP contribution in [0.25, 0.3) is 10.8 Å². The van der Waals surface area contributed by atoms with Gasteiger partial charge in [0.25, 0.3) is 0 Å². The summed E-state index contributed by atoms with van der Waals surface area (Å²) in [5.41, 5.74) is 2.26. The minimum Gasteiger partial charge on any atom is -0.478 e. The van der Waals surface area contributed by atoms with Crippen LogP contribution in [0, 0.1) is 6.92 Å².